The summed E-state index contributed by atoms with van der Waals surface area (Å²) in [5.41, 5.74) is 0.297. The van der Waals surface area contributed by atoms with Crippen LogP contribution in [0.15, 0.2) is 18.2 Å². The molecule has 18 heavy (non-hydrogen) atoms. The van der Waals surface area contributed by atoms with E-state index in [9.17, 15) is 13.2 Å². The maximum Gasteiger partial charge on any atom is 0.253 e. The van der Waals surface area contributed by atoms with Gasteiger partial charge in [-0.3, -0.25) is 4.79 Å². The van der Waals surface area contributed by atoms with Crippen LogP contribution >= 0.6 is 23.2 Å². The molecule has 1 aliphatic rings. The lowest BCUT2D eigenvalue weighted by Crippen LogP contribution is -2.35. The molecular weight excluding hydrogens is 297 g/mol. The standard InChI is InChI=1S/C11H11Cl2NO3S/c12-7-1-2-9(10(13)5-7)11(15)14-8-3-4-18(16,17)6-8/h1-2,5,8H,3-4,6H2,(H,14,15)/t8-/m1/s1. The summed E-state index contributed by atoms with van der Waals surface area (Å²) in [5.74, 6) is -0.269. The summed E-state index contributed by atoms with van der Waals surface area (Å²) >= 11 is 11.6. The number of halogens is 2. The molecule has 1 aromatic carbocycles. The third-order valence-electron chi connectivity index (χ3n) is 2.74. The summed E-state index contributed by atoms with van der Waals surface area (Å²) in [4.78, 5) is 11.9. The summed E-state index contributed by atoms with van der Waals surface area (Å²) in [7, 11) is -3.01. The number of hydrogen-bond donors (Lipinski definition) is 1. The van der Waals surface area contributed by atoms with E-state index in [1.807, 2.05) is 0 Å². The molecular formula is C11H11Cl2NO3S. The van der Waals surface area contributed by atoms with Crippen molar-refractivity contribution in [2.45, 2.75) is 12.5 Å². The lowest BCUT2D eigenvalue weighted by Gasteiger charge is -2.11. The fraction of sp³-hybridized carbons (Fsp3) is 0.364. The van der Waals surface area contributed by atoms with Gasteiger partial charge in [-0.1, -0.05) is 23.2 Å². The molecule has 2 rings (SSSR count). The number of rotatable bonds is 2. The molecule has 0 aromatic heterocycles. The van der Waals surface area contributed by atoms with Crippen LogP contribution in [0.3, 0.4) is 0 Å². The van der Waals surface area contributed by atoms with Gasteiger partial charge < -0.3 is 5.32 Å². The molecule has 1 aliphatic heterocycles. The molecule has 1 fully saturated rings. The molecule has 1 saturated heterocycles. The van der Waals surface area contributed by atoms with Crippen molar-refractivity contribution in [2.24, 2.45) is 0 Å². The van der Waals surface area contributed by atoms with Crippen LogP contribution in [0.1, 0.15) is 16.8 Å². The normalized spacial score (nSPS) is 21.8. The summed E-state index contributed by atoms with van der Waals surface area (Å²) in [5, 5.41) is 3.36. The Morgan fingerprint density at radius 2 is 2.06 bits per heavy atom. The monoisotopic (exact) mass is 307 g/mol. The van der Waals surface area contributed by atoms with Gasteiger partial charge in [-0.2, -0.15) is 0 Å². The van der Waals surface area contributed by atoms with E-state index in [1.165, 1.54) is 12.1 Å². The van der Waals surface area contributed by atoms with Crippen LogP contribution in [0.25, 0.3) is 0 Å². The van der Waals surface area contributed by atoms with Crippen LogP contribution < -0.4 is 5.32 Å². The fourth-order valence-electron chi connectivity index (χ4n) is 1.85. The van der Waals surface area contributed by atoms with Gasteiger partial charge in [-0.05, 0) is 24.6 Å². The first-order valence-electron chi connectivity index (χ1n) is 5.34. The number of sulfone groups is 1. The van der Waals surface area contributed by atoms with Crippen molar-refractivity contribution in [2.75, 3.05) is 11.5 Å². The lowest BCUT2D eigenvalue weighted by molar-refractivity contribution is 0.0941. The smallest absolute Gasteiger partial charge is 0.253 e. The van der Waals surface area contributed by atoms with Crippen LogP contribution in [0, 0.1) is 0 Å². The Morgan fingerprint density at radius 3 is 2.61 bits per heavy atom. The van der Waals surface area contributed by atoms with Crippen LogP contribution in [0.5, 0.6) is 0 Å². The summed E-state index contributed by atoms with van der Waals surface area (Å²) in [6, 6.07) is 4.22. The zero-order valence-corrected chi connectivity index (χ0v) is 11.6. The highest BCUT2D eigenvalue weighted by Crippen LogP contribution is 2.21. The molecule has 7 heteroatoms. The average molecular weight is 308 g/mol. The zero-order valence-electron chi connectivity index (χ0n) is 9.32. The van der Waals surface area contributed by atoms with E-state index in [4.69, 9.17) is 23.2 Å². The second kappa shape index (κ2) is 5.07. The van der Waals surface area contributed by atoms with Gasteiger partial charge in [0.1, 0.15) is 0 Å². The van der Waals surface area contributed by atoms with Gasteiger partial charge in [0.15, 0.2) is 9.84 Å². The van der Waals surface area contributed by atoms with E-state index >= 15 is 0 Å². The maximum absolute atomic E-state index is 11.9. The average Bonchev–Trinajstić information content (AvgIpc) is 2.57. The SMILES string of the molecule is O=C(N[C@@H]1CCS(=O)(=O)C1)c1ccc(Cl)cc1Cl. The highest BCUT2D eigenvalue weighted by Gasteiger charge is 2.29. The lowest BCUT2D eigenvalue weighted by atomic mass is 10.2. The molecule has 0 spiro atoms. The van der Waals surface area contributed by atoms with E-state index in [1.54, 1.807) is 6.07 Å². The van der Waals surface area contributed by atoms with Gasteiger partial charge in [0.25, 0.3) is 5.91 Å². The minimum absolute atomic E-state index is 0.00997. The Labute approximate surface area is 115 Å². The predicted molar refractivity (Wildman–Crippen MR) is 71.0 cm³/mol. The van der Waals surface area contributed by atoms with E-state index in [0.717, 1.165) is 0 Å². The van der Waals surface area contributed by atoms with Crippen molar-refractivity contribution < 1.29 is 13.2 Å². The highest BCUT2D eigenvalue weighted by atomic mass is 35.5. The molecule has 0 bridgehead atoms. The van der Waals surface area contributed by atoms with Crippen LogP contribution in [-0.4, -0.2) is 31.9 Å². The van der Waals surface area contributed by atoms with Crippen LogP contribution in [-0.2, 0) is 9.84 Å². The Bertz CT molecular complexity index is 586. The third-order valence-corrected chi connectivity index (χ3v) is 5.06. The molecule has 98 valence electrons. The van der Waals surface area contributed by atoms with Crippen molar-refractivity contribution in [3.63, 3.8) is 0 Å². The van der Waals surface area contributed by atoms with Gasteiger partial charge in [0, 0.05) is 11.1 Å². The van der Waals surface area contributed by atoms with Gasteiger partial charge in [0.05, 0.1) is 22.1 Å². The first-order valence-corrected chi connectivity index (χ1v) is 7.91. The molecule has 0 aliphatic carbocycles. The van der Waals surface area contributed by atoms with E-state index in [-0.39, 0.29) is 28.5 Å². The first kappa shape index (κ1) is 13.6. The largest absolute Gasteiger partial charge is 0.348 e. The van der Waals surface area contributed by atoms with Gasteiger partial charge >= 0.3 is 0 Å². The first-order chi connectivity index (χ1) is 8.37. The minimum atomic E-state index is -3.01. The van der Waals surface area contributed by atoms with Crippen LogP contribution in [0.2, 0.25) is 10.0 Å². The number of benzene rings is 1. The Morgan fingerprint density at radius 1 is 1.33 bits per heavy atom. The van der Waals surface area contributed by atoms with Crippen molar-refractivity contribution in [1.82, 2.24) is 5.32 Å². The van der Waals surface area contributed by atoms with Crippen molar-refractivity contribution >= 4 is 38.9 Å². The summed E-state index contributed by atoms with van der Waals surface area (Å²) < 4.78 is 22.6. The fourth-order valence-corrected chi connectivity index (χ4v) is 4.01. The van der Waals surface area contributed by atoms with Gasteiger partial charge in [-0.15, -0.1) is 0 Å². The minimum Gasteiger partial charge on any atom is -0.348 e. The number of amides is 1. The summed E-state index contributed by atoms with van der Waals surface area (Å²) in [6.07, 6.45) is 0.444. The predicted octanol–water partition coefficient (Wildman–Crippen LogP) is 1.91. The third kappa shape index (κ3) is 3.16. The molecule has 1 atom stereocenters. The molecule has 0 saturated carbocycles. The molecule has 0 unspecified atom stereocenters. The molecule has 1 N–H and O–H groups in total. The second-order valence-corrected chi connectivity index (χ2v) is 7.27. The number of nitrogens with one attached hydrogen (secondary N) is 1. The van der Waals surface area contributed by atoms with Crippen molar-refractivity contribution in [3.05, 3.63) is 33.8 Å². The molecule has 4 nitrogen and oxygen atoms in total. The number of hydrogen-bond acceptors (Lipinski definition) is 3. The van der Waals surface area contributed by atoms with E-state index < -0.39 is 9.84 Å². The second-order valence-electron chi connectivity index (χ2n) is 4.20. The van der Waals surface area contributed by atoms with Crippen molar-refractivity contribution in [3.8, 4) is 0 Å². The summed E-state index contributed by atoms with van der Waals surface area (Å²) in [6.45, 7) is 0. The molecule has 1 heterocycles. The number of carbonyl (C=O) groups is 1. The zero-order chi connectivity index (χ0) is 13.3. The maximum atomic E-state index is 11.9. The quantitative estimate of drug-likeness (QED) is 0.908. The van der Waals surface area contributed by atoms with Gasteiger partial charge in [0.2, 0.25) is 0 Å². The van der Waals surface area contributed by atoms with E-state index in [2.05, 4.69) is 5.32 Å². The highest BCUT2D eigenvalue weighted by molar-refractivity contribution is 7.91. The van der Waals surface area contributed by atoms with Crippen molar-refractivity contribution in [1.29, 1.82) is 0 Å². The Hall–Kier alpha value is -0.780. The molecule has 0 radical (unpaired) electrons. The Balaban J connectivity index is 2.09. The van der Waals surface area contributed by atoms with Crippen LogP contribution in [0.4, 0.5) is 0 Å². The molecule has 1 amide bonds. The van der Waals surface area contributed by atoms with E-state index in [0.29, 0.717) is 17.0 Å². The Kier molecular flexibility index (Phi) is 3.84. The van der Waals surface area contributed by atoms with Gasteiger partial charge in [-0.25, -0.2) is 8.42 Å². The molecule has 1 aromatic rings. The number of carbonyl (C=O) groups excluding carboxylic acids is 1. The topological polar surface area (TPSA) is 63.2 Å².